The summed E-state index contributed by atoms with van der Waals surface area (Å²) < 4.78 is 15.1. The summed E-state index contributed by atoms with van der Waals surface area (Å²) in [6, 6.07) is 4.90. The Morgan fingerprint density at radius 2 is 2.19 bits per heavy atom. The highest BCUT2D eigenvalue weighted by Crippen LogP contribution is 2.34. The topological polar surface area (TPSA) is 83.2 Å². The molecule has 1 amide bonds. The first kappa shape index (κ1) is 18.9. The van der Waals surface area contributed by atoms with Crippen LogP contribution in [0.1, 0.15) is 30.1 Å². The molecule has 1 aliphatic rings. The summed E-state index contributed by atoms with van der Waals surface area (Å²) in [6.45, 7) is 1.85. The summed E-state index contributed by atoms with van der Waals surface area (Å²) in [5, 5.41) is 3.01. The van der Waals surface area contributed by atoms with Crippen molar-refractivity contribution in [3.05, 3.63) is 55.6 Å². The third-order valence-corrected chi connectivity index (χ3v) is 4.90. The Morgan fingerprint density at radius 3 is 2.85 bits per heavy atom. The lowest BCUT2D eigenvalue weighted by Crippen LogP contribution is -2.31. The van der Waals surface area contributed by atoms with Crippen molar-refractivity contribution in [2.75, 3.05) is 5.32 Å². The van der Waals surface area contributed by atoms with Crippen LogP contribution >= 0.6 is 27.5 Å². The zero-order chi connectivity index (χ0) is 18.8. The van der Waals surface area contributed by atoms with Crippen molar-refractivity contribution in [1.82, 2.24) is 10.5 Å². The molecule has 0 radical (unpaired) electrons. The van der Waals surface area contributed by atoms with Crippen molar-refractivity contribution in [2.45, 2.75) is 25.9 Å². The molecule has 2 aromatic rings. The second kappa shape index (κ2) is 7.77. The summed E-state index contributed by atoms with van der Waals surface area (Å²) in [7, 11) is 0. The van der Waals surface area contributed by atoms with Gasteiger partial charge in [-0.1, -0.05) is 27.5 Å². The fourth-order valence-electron chi connectivity index (χ4n) is 2.40. The van der Waals surface area contributed by atoms with E-state index in [-0.39, 0.29) is 17.4 Å². The minimum Gasteiger partial charge on any atom is -0.351 e. The predicted molar refractivity (Wildman–Crippen MR) is 100 cm³/mol. The van der Waals surface area contributed by atoms with E-state index in [4.69, 9.17) is 16.4 Å². The highest BCUT2D eigenvalue weighted by Gasteiger charge is 2.30. The molecule has 6 nitrogen and oxygen atoms in total. The van der Waals surface area contributed by atoms with Gasteiger partial charge in [0.1, 0.15) is 0 Å². The lowest BCUT2D eigenvalue weighted by atomic mass is 10.2. The van der Waals surface area contributed by atoms with Crippen LogP contribution in [0.3, 0.4) is 0 Å². The molecule has 1 saturated carbocycles. The molecule has 3 rings (SSSR count). The number of aromatic amines is 1. The van der Waals surface area contributed by atoms with E-state index in [0.717, 1.165) is 23.5 Å². The number of hydrogen-bond acceptors (Lipinski definition) is 4. The number of rotatable bonds is 6. The van der Waals surface area contributed by atoms with Crippen LogP contribution in [0.25, 0.3) is 0 Å². The van der Waals surface area contributed by atoms with E-state index in [1.165, 1.54) is 0 Å². The molecule has 9 heteroatoms. The molecular weight excluding hydrogens is 429 g/mol. The number of pyridine rings is 1. The number of aromatic nitrogens is 1. The fraction of sp³-hybridized carbons (Fsp3) is 0.294. The monoisotopic (exact) mass is 443 g/mol. The number of H-pyrrole nitrogens is 1. The maximum Gasteiger partial charge on any atom is 0.286 e. The van der Waals surface area contributed by atoms with Gasteiger partial charge in [-0.2, -0.15) is 4.39 Å². The standard InChI is InChI=1S/C17H16BrClFN3O3/c1-8(9-2-3-9)26-23-16(24)11-7-21-17(25)14(20)15(11)22-13-5-4-10(18)6-12(13)19/h4-9H,2-3H2,1H3,(H,23,24)(H2,21,22,25). The van der Waals surface area contributed by atoms with E-state index in [0.29, 0.717) is 16.6 Å². The van der Waals surface area contributed by atoms with E-state index < -0.39 is 17.3 Å². The van der Waals surface area contributed by atoms with Gasteiger partial charge in [-0.15, -0.1) is 0 Å². The van der Waals surface area contributed by atoms with Crippen LogP contribution in [-0.2, 0) is 4.84 Å². The molecule has 26 heavy (non-hydrogen) atoms. The molecule has 1 heterocycles. The minimum absolute atomic E-state index is 0.107. The van der Waals surface area contributed by atoms with Crippen molar-refractivity contribution in [3.8, 4) is 0 Å². The summed E-state index contributed by atoms with van der Waals surface area (Å²) in [5.41, 5.74) is 1.32. The van der Waals surface area contributed by atoms with Crippen LogP contribution in [-0.4, -0.2) is 17.0 Å². The third kappa shape index (κ3) is 4.25. The molecule has 1 aromatic carbocycles. The summed E-state index contributed by atoms with van der Waals surface area (Å²) in [4.78, 5) is 31.6. The highest BCUT2D eigenvalue weighted by atomic mass is 79.9. The quantitative estimate of drug-likeness (QED) is 0.585. The van der Waals surface area contributed by atoms with E-state index in [9.17, 15) is 14.0 Å². The minimum atomic E-state index is -1.12. The molecule has 138 valence electrons. The average Bonchev–Trinajstić information content (AvgIpc) is 3.44. The van der Waals surface area contributed by atoms with Gasteiger partial charge in [-0.05, 0) is 43.9 Å². The molecule has 1 unspecified atom stereocenters. The van der Waals surface area contributed by atoms with Crippen LogP contribution in [0.15, 0.2) is 33.7 Å². The van der Waals surface area contributed by atoms with Gasteiger partial charge in [0.15, 0.2) is 0 Å². The number of benzene rings is 1. The predicted octanol–water partition coefficient (Wildman–Crippen LogP) is 4.13. The molecule has 1 aliphatic carbocycles. The van der Waals surface area contributed by atoms with Gasteiger partial charge < -0.3 is 10.3 Å². The number of nitrogens with one attached hydrogen (secondary N) is 3. The van der Waals surface area contributed by atoms with Gasteiger partial charge in [-0.3, -0.25) is 14.4 Å². The van der Waals surface area contributed by atoms with Crippen LogP contribution in [0, 0.1) is 11.7 Å². The molecule has 0 aliphatic heterocycles. The van der Waals surface area contributed by atoms with Gasteiger partial charge >= 0.3 is 0 Å². The Bertz CT molecular complexity index is 901. The number of hydroxylamine groups is 1. The largest absolute Gasteiger partial charge is 0.351 e. The van der Waals surface area contributed by atoms with E-state index in [1.54, 1.807) is 18.2 Å². The smallest absolute Gasteiger partial charge is 0.286 e. The van der Waals surface area contributed by atoms with Crippen molar-refractivity contribution in [3.63, 3.8) is 0 Å². The van der Waals surface area contributed by atoms with Gasteiger partial charge in [0.25, 0.3) is 11.5 Å². The first-order chi connectivity index (χ1) is 12.4. The Kier molecular flexibility index (Phi) is 5.64. The molecule has 1 aromatic heterocycles. The Balaban J connectivity index is 1.86. The second-order valence-electron chi connectivity index (χ2n) is 6.06. The number of halogens is 3. The first-order valence-corrected chi connectivity index (χ1v) is 9.13. The zero-order valence-electron chi connectivity index (χ0n) is 13.7. The van der Waals surface area contributed by atoms with E-state index in [2.05, 4.69) is 31.7 Å². The van der Waals surface area contributed by atoms with Crippen molar-refractivity contribution < 1.29 is 14.0 Å². The number of carbonyl (C=O) groups is 1. The van der Waals surface area contributed by atoms with Crippen LogP contribution < -0.4 is 16.4 Å². The van der Waals surface area contributed by atoms with Crippen molar-refractivity contribution >= 4 is 44.8 Å². The van der Waals surface area contributed by atoms with E-state index >= 15 is 0 Å². The summed E-state index contributed by atoms with van der Waals surface area (Å²) in [6.07, 6.45) is 3.10. The zero-order valence-corrected chi connectivity index (χ0v) is 16.1. The number of hydrogen-bond donors (Lipinski definition) is 3. The molecule has 3 N–H and O–H groups in total. The van der Waals surface area contributed by atoms with Crippen LogP contribution in [0.4, 0.5) is 15.8 Å². The molecule has 0 bridgehead atoms. The SMILES string of the molecule is CC(ONC(=O)c1c[nH]c(=O)c(F)c1Nc1ccc(Br)cc1Cl)C1CC1. The number of anilines is 2. The lowest BCUT2D eigenvalue weighted by molar-refractivity contribution is -0.0170. The molecule has 0 spiro atoms. The van der Waals surface area contributed by atoms with Gasteiger partial charge in [0.2, 0.25) is 5.82 Å². The molecule has 0 saturated heterocycles. The van der Waals surface area contributed by atoms with E-state index in [1.807, 2.05) is 6.92 Å². The van der Waals surface area contributed by atoms with Crippen LogP contribution in [0.5, 0.6) is 0 Å². The first-order valence-electron chi connectivity index (χ1n) is 7.96. The number of carbonyl (C=O) groups excluding carboxylic acids is 1. The van der Waals surface area contributed by atoms with Gasteiger partial charge in [0.05, 0.1) is 28.1 Å². The summed E-state index contributed by atoms with van der Waals surface area (Å²) >= 11 is 9.40. The Labute approximate surface area is 162 Å². The number of amides is 1. The average molecular weight is 445 g/mol. The molecule has 1 fully saturated rings. The Hall–Kier alpha value is -1.90. The third-order valence-electron chi connectivity index (χ3n) is 4.09. The second-order valence-corrected chi connectivity index (χ2v) is 7.38. The Morgan fingerprint density at radius 1 is 1.46 bits per heavy atom. The normalized spacial score (nSPS) is 14.8. The maximum absolute atomic E-state index is 14.4. The fourth-order valence-corrected chi connectivity index (χ4v) is 3.12. The highest BCUT2D eigenvalue weighted by molar-refractivity contribution is 9.10. The molecule has 1 atom stereocenters. The summed E-state index contributed by atoms with van der Waals surface area (Å²) in [5.74, 6) is -1.38. The van der Waals surface area contributed by atoms with Crippen molar-refractivity contribution in [1.29, 1.82) is 0 Å². The lowest BCUT2D eigenvalue weighted by Gasteiger charge is -2.15. The van der Waals surface area contributed by atoms with Crippen LogP contribution in [0.2, 0.25) is 5.02 Å². The van der Waals surface area contributed by atoms with Gasteiger partial charge in [0, 0.05) is 10.7 Å². The maximum atomic E-state index is 14.4. The van der Waals surface area contributed by atoms with Gasteiger partial charge in [-0.25, -0.2) is 5.48 Å². The van der Waals surface area contributed by atoms with Crippen molar-refractivity contribution in [2.24, 2.45) is 5.92 Å². The molecular formula is C17H16BrClFN3O3.